The summed E-state index contributed by atoms with van der Waals surface area (Å²) in [6, 6.07) is 0.555. The predicted octanol–water partition coefficient (Wildman–Crippen LogP) is 4.36. The second kappa shape index (κ2) is 9.75. The Morgan fingerprint density at radius 2 is 1.23 bits per heavy atom. The number of benzene rings is 1. The van der Waals surface area contributed by atoms with Crippen LogP contribution in [0.5, 0.6) is 0 Å². The molecular weight excluding hydrogens is 451 g/mol. The molecule has 2 rings (SSSR count). The quantitative estimate of drug-likeness (QED) is 0.563. The fourth-order valence-corrected chi connectivity index (χ4v) is 2.62. The van der Waals surface area contributed by atoms with Crippen LogP contribution in [0.1, 0.15) is 47.2 Å². The van der Waals surface area contributed by atoms with E-state index in [1.807, 2.05) is 0 Å². The summed E-state index contributed by atoms with van der Waals surface area (Å²) in [6.07, 6.45) is -12.7. The third-order valence-corrected chi connectivity index (χ3v) is 4.20. The van der Waals surface area contributed by atoms with Crippen LogP contribution in [0.25, 0.3) is 0 Å². The lowest BCUT2D eigenvalue weighted by atomic mass is 9.91. The number of amides is 1. The topological polar surface area (TPSA) is 92.4 Å². The first-order valence-electron chi connectivity index (χ1n) is 8.57. The van der Waals surface area contributed by atoms with Gasteiger partial charge in [0.15, 0.2) is 0 Å². The summed E-state index contributed by atoms with van der Waals surface area (Å²) < 4.78 is 108. The number of nitrogens with two attached hydrogens (primary N) is 1. The fourth-order valence-electron chi connectivity index (χ4n) is 2.62. The lowest BCUT2D eigenvalue weighted by molar-refractivity contribution is -0.192. The number of carbonyl (C=O) groups excluding carboxylic acids is 1. The molecule has 0 saturated heterocycles. The van der Waals surface area contributed by atoms with Crippen molar-refractivity contribution >= 4 is 11.9 Å². The van der Waals surface area contributed by atoms with Crippen LogP contribution in [0.2, 0.25) is 0 Å². The molecule has 1 saturated carbocycles. The Morgan fingerprint density at radius 1 is 0.839 bits per heavy atom. The molecule has 0 aromatic heterocycles. The highest BCUT2D eigenvalue weighted by Crippen LogP contribution is 2.36. The van der Waals surface area contributed by atoms with Crippen LogP contribution in [0.3, 0.4) is 0 Å². The molecule has 0 bridgehead atoms. The van der Waals surface area contributed by atoms with Crippen molar-refractivity contribution in [2.75, 3.05) is 0 Å². The Morgan fingerprint density at radius 3 is 1.55 bits per heavy atom. The first-order valence-corrected chi connectivity index (χ1v) is 8.57. The molecule has 1 aliphatic rings. The standard InChI is InChI=1S/C15H16F6N2O.C2HF3O2/c16-14(17,18)9-5-8(6-10(7-9)15(19,20)21)13(24)23-12-3-1-11(22)2-4-12;3-2(4,5)1(6)7/h5-7,11-12H,1-4,22H2,(H,23,24);(H,6,7). The molecule has 31 heavy (non-hydrogen) atoms. The number of aliphatic carboxylic acids is 1. The molecule has 14 heteroatoms. The van der Waals surface area contributed by atoms with Crippen LogP contribution in [-0.2, 0) is 17.1 Å². The molecule has 1 aromatic rings. The Kier molecular flexibility index (Phi) is 8.34. The smallest absolute Gasteiger partial charge is 0.475 e. The number of carbonyl (C=O) groups is 2. The van der Waals surface area contributed by atoms with Crippen molar-refractivity contribution in [2.45, 2.75) is 56.3 Å². The number of alkyl halides is 9. The SMILES string of the molecule is NC1CCC(NC(=O)c2cc(C(F)(F)F)cc(C(F)(F)F)c2)CC1.O=C(O)C(F)(F)F. The third kappa shape index (κ3) is 8.63. The lowest BCUT2D eigenvalue weighted by Crippen LogP contribution is -2.40. The molecule has 0 unspecified atom stereocenters. The van der Waals surface area contributed by atoms with Gasteiger partial charge >= 0.3 is 24.5 Å². The van der Waals surface area contributed by atoms with Gasteiger partial charge in [0.2, 0.25) is 0 Å². The summed E-state index contributed by atoms with van der Waals surface area (Å²) >= 11 is 0. The van der Waals surface area contributed by atoms with Gasteiger partial charge in [-0.3, -0.25) is 4.79 Å². The maximum Gasteiger partial charge on any atom is 0.490 e. The summed E-state index contributed by atoms with van der Waals surface area (Å²) in [7, 11) is 0. The van der Waals surface area contributed by atoms with E-state index in [-0.39, 0.29) is 18.2 Å². The van der Waals surface area contributed by atoms with Crippen LogP contribution >= 0.6 is 0 Å². The molecular formula is C17H17F9N2O3. The van der Waals surface area contributed by atoms with Gasteiger partial charge < -0.3 is 16.2 Å². The van der Waals surface area contributed by atoms with Crippen LogP contribution in [0, 0.1) is 0 Å². The molecule has 0 aliphatic heterocycles. The van der Waals surface area contributed by atoms with Crippen molar-refractivity contribution in [1.82, 2.24) is 5.32 Å². The van der Waals surface area contributed by atoms with E-state index in [0.29, 0.717) is 37.8 Å². The van der Waals surface area contributed by atoms with Crippen molar-refractivity contribution in [3.8, 4) is 0 Å². The van der Waals surface area contributed by atoms with Crippen molar-refractivity contribution < 1.29 is 54.2 Å². The molecule has 1 amide bonds. The van der Waals surface area contributed by atoms with E-state index in [4.69, 9.17) is 15.6 Å². The largest absolute Gasteiger partial charge is 0.490 e. The molecule has 1 aliphatic carbocycles. The number of nitrogens with one attached hydrogen (secondary N) is 1. The van der Waals surface area contributed by atoms with Gasteiger partial charge in [-0.05, 0) is 43.9 Å². The maximum atomic E-state index is 12.8. The highest BCUT2D eigenvalue weighted by Gasteiger charge is 2.39. The van der Waals surface area contributed by atoms with E-state index in [9.17, 15) is 44.3 Å². The average Bonchev–Trinajstić information content (AvgIpc) is 2.61. The van der Waals surface area contributed by atoms with Crippen LogP contribution in [0.4, 0.5) is 39.5 Å². The zero-order valence-electron chi connectivity index (χ0n) is 15.5. The van der Waals surface area contributed by atoms with Gasteiger partial charge in [0.1, 0.15) is 0 Å². The minimum absolute atomic E-state index is 0.00328. The number of halogens is 9. The maximum absolute atomic E-state index is 12.8. The van der Waals surface area contributed by atoms with Gasteiger partial charge in [-0.25, -0.2) is 4.79 Å². The van der Waals surface area contributed by atoms with Crippen molar-refractivity contribution in [3.63, 3.8) is 0 Å². The van der Waals surface area contributed by atoms with E-state index >= 15 is 0 Å². The zero-order chi connectivity index (χ0) is 24.2. The van der Waals surface area contributed by atoms with Crippen LogP contribution in [-0.4, -0.2) is 35.2 Å². The van der Waals surface area contributed by atoms with E-state index < -0.39 is 47.1 Å². The molecule has 0 radical (unpaired) electrons. The Hall–Kier alpha value is -2.51. The molecule has 176 valence electrons. The number of carboxylic acids is 1. The zero-order valence-corrected chi connectivity index (χ0v) is 15.5. The highest BCUT2D eigenvalue weighted by atomic mass is 19.4. The number of rotatable bonds is 2. The molecule has 4 N–H and O–H groups in total. The van der Waals surface area contributed by atoms with Gasteiger partial charge in [0.25, 0.3) is 5.91 Å². The van der Waals surface area contributed by atoms with E-state index in [1.165, 1.54) is 0 Å². The van der Waals surface area contributed by atoms with Crippen molar-refractivity contribution in [1.29, 1.82) is 0 Å². The summed E-state index contributed by atoms with van der Waals surface area (Å²) in [5.41, 5.74) is 2.04. The van der Waals surface area contributed by atoms with Gasteiger partial charge in [-0.2, -0.15) is 39.5 Å². The summed E-state index contributed by atoms with van der Waals surface area (Å²) in [4.78, 5) is 21.0. The summed E-state index contributed by atoms with van der Waals surface area (Å²) in [5, 5.41) is 9.61. The molecule has 0 spiro atoms. The average molecular weight is 468 g/mol. The van der Waals surface area contributed by atoms with Gasteiger partial charge in [-0.1, -0.05) is 0 Å². The first-order chi connectivity index (χ1) is 13.9. The fraction of sp³-hybridized carbons (Fsp3) is 0.529. The van der Waals surface area contributed by atoms with Gasteiger partial charge in [-0.15, -0.1) is 0 Å². The van der Waals surface area contributed by atoms with Crippen LogP contribution < -0.4 is 11.1 Å². The van der Waals surface area contributed by atoms with E-state index in [0.717, 1.165) is 0 Å². The second-order valence-electron chi connectivity index (χ2n) is 6.68. The first kappa shape index (κ1) is 26.5. The lowest BCUT2D eigenvalue weighted by Gasteiger charge is -2.27. The predicted molar refractivity (Wildman–Crippen MR) is 87.8 cm³/mol. The molecule has 0 atom stereocenters. The Bertz CT molecular complexity index is 748. The third-order valence-electron chi connectivity index (χ3n) is 4.20. The monoisotopic (exact) mass is 468 g/mol. The molecule has 1 fully saturated rings. The molecule has 1 aromatic carbocycles. The van der Waals surface area contributed by atoms with Gasteiger partial charge in [0.05, 0.1) is 11.1 Å². The minimum atomic E-state index is -5.08. The normalized spacial score (nSPS) is 19.8. The van der Waals surface area contributed by atoms with Crippen molar-refractivity contribution in [2.24, 2.45) is 5.73 Å². The van der Waals surface area contributed by atoms with E-state index in [2.05, 4.69) is 5.32 Å². The van der Waals surface area contributed by atoms with Crippen molar-refractivity contribution in [3.05, 3.63) is 34.9 Å². The van der Waals surface area contributed by atoms with Gasteiger partial charge in [0, 0.05) is 17.6 Å². The second-order valence-corrected chi connectivity index (χ2v) is 6.68. The Balaban J connectivity index is 0.000000592. The number of hydrogen-bond acceptors (Lipinski definition) is 3. The summed E-state index contributed by atoms with van der Waals surface area (Å²) in [6.45, 7) is 0. The van der Waals surface area contributed by atoms with E-state index in [1.54, 1.807) is 0 Å². The Labute approximate surface area is 169 Å². The van der Waals surface area contributed by atoms with Crippen LogP contribution in [0.15, 0.2) is 18.2 Å². The summed E-state index contributed by atoms with van der Waals surface area (Å²) in [5.74, 6) is -3.71. The molecule has 5 nitrogen and oxygen atoms in total. The minimum Gasteiger partial charge on any atom is -0.475 e. The molecule has 0 heterocycles. The number of carboxylic acid groups (broad SMARTS) is 1. The highest BCUT2D eigenvalue weighted by molar-refractivity contribution is 5.94. The number of hydrogen-bond donors (Lipinski definition) is 3.